The first kappa shape index (κ1) is 12.8. The number of allylic oxidation sites excluding steroid dienone is 1. The fourth-order valence-electron chi connectivity index (χ4n) is 2.73. The molecule has 3 N–H and O–H groups in total. The fraction of sp³-hybridized carbons (Fsp3) is 0.222. The Balaban J connectivity index is 1.90. The molecule has 0 fully saturated rings. The van der Waals surface area contributed by atoms with Gasteiger partial charge in [-0.25, -0.2) is 0 Å². The van der Waals surface area contributed by atoms with Gasteiger partial charge in [-0.1, -0.05) is 37.8 Å². The average Bonchev–Trinajstić information content (AvgIpc) is 2.47. The van der Waals surface area contributed by atoms with Gasteiger partial charge in [0, 0.05) is 23.0 Å². The summed E-state index contributed by atoms with van der Waals surface area (Å²) in [5.74, 6) is 0.381. The van der Waals surface area contributed by atoms with E-state index in [9.17, 15) is 0 Å². The Morgan fingerprint density at radius 2 is 1.75 bits per heavy atom. The van der Waals surface area contributed by atoms with Crippen molar-refractivity contribution < 1.29 is 0 Å². The third-order valence-corrected chi connectivity index (χ3v) is 4.07. The summed E-state index contributed by atoms with van der Waals surface area (Å²) in [5.41, 5.74) is 12.9. The number of benzene rings is 2. The molecule has 0 radical (unpaired) electrons. The number of nitrogens with two attached hydrogens (primary N) is 1. The smallest absolute Gasteiger partial charge is 0.0414 e. The molecule has 0 bridgehead atoms. The van der Waals surface area contributed by atoms with E-state index in [4.69, 9.17) is 5.73 Å². The third-order valence-electron chi connectivity index (χ3n) is 4.07. The largest absolute Gasteiger partial charge is 0.399 e. The molecule has 0 saturated carbocycles. The van der Waals surface area contributed by atoms with E-state index in [1.54, 1.807) is 0 Å². The molecule has 0 aromatic heterocycles. The minimum atomic E-state index is 0.381. The van der Waals surface area contributed by atoms with E-state index in [0.29, 0.717) is 5.92 Å². The lowest BCUT2D eigenvalue weighted by Gasteiger charge is -2.22. The van der Waals surface area contributed by atoms with Crippen LogP contribution in [-0.4, -0.2) is 0 Å². The lowest BCUT2D eigenvalue weighted by atomic mass is 9.89. The van der Waals surface area contributed by atoms with Crippen LogP contribution in [0.5, 0.6) is 0 Å². The molecule has 1 heterocycles. The first-order valence-corrected chi connectivity index (χ1v) is 7.06. The van der Waals surface area contributed by atoms with Crippen molar-refractivity contribution in [3.05, 3.63) is 71.4 Å². The van der Waals surface area contributed by atoms with Crippen molar-refractivity contribution in [2.45, 2.75) is 25.7 Å². The maximum Gasteiger partial charge on any atom is 0.0414 e. The van der Waals surface area contributed by atoms with E-state index >= 15 is 0 Å². The van der Waals surface area contributed by atoms with Crippen molar-refractivity contribution in [1.82, 2.24) is 0 Å². The number of aryl methyl sites for hydroxylation is 1. The van der Waals surface area contributed by atoms with Gasteiger partial charge >= 0.3 is 0 Å². The summed E-state index contributed by atoms with van der Waals surface area (Å²) in [6.07, 6.45) is 2.09. The first-order valence-electron chi connectivity index (χ1n) is 7.06. The summed E-state index contributed by atoms with van der Waals surface area (Å²) >= 11 is 0. The summed E-state index contributed by atoms with van der Waals surface area (Å²) in [7, 11) is 0. The first-order chi connectivity index (χ1) is 9.63. The van der Waals surface area contributed by atoms with Crippen LogP contribution in [0.1, 0.15) is 36.0 Å². The van der Waals surface area contributed by atoms with Crippen molar-refractivity contribution in [3.63, 3.8) is 0 Å². The standard InChI is InChI=1S/C18H20N2/c1-12-3-4-16-11-15(7-10-18(16)20-12)13(2)14-5-8-17(19)9-6-14/h5-11,13,20H,1,3-4,19H2,2H3. The molecule has 3 rings (SSSR count). The highest BCUT2D eigenvalue weighted by atomic mass is 14.9. The molecule has 2 aromatic rings. The van der Waals surface area contributed by atoms with Crippen LogP contribution in [0.3, 0.4) is 0 Å². The number of fused-ring (bicyclic) bond motifs is 1. The normalized spacial score (nSPS) is 15.3. The monoisotopic (exact) mass is 264 g/mol. The van der Waals surface area contributed by atoms with Crippen molar-refractivity contribution in [2.75, 3.05) is 11.1 Å². The summed E-state index contributed by atoms with van der Waals surface area (Å²) < 4.78 is 0. The number of hydrogen-bond acceptors (Lipinski definition) is 2. The number of nitrogen functional groups attached to an aromatic ring is 1. The second-order valence-corrected chi connectivity index (χ2v) is 5.53. The van der Waals surface area contributed by atoms with Crippen LogP contribution in [0.15, 0.2) is 54.7 Å². The van der Waals surface area contributed by atoms with E-state index in [-0.39, 0.29) is 0 Å². The number of anilines is 2. The van der Waals surface area contributed by atoms with Gasteiger partial charge < -0.3 is 11.1 Å². The van der Waals surface area contributed by atoms with Crippen LogP contribution in [0.2, 0.25) is 0 Å². The van der Waals surface area contributed by atoms with E-state index in [2.05, 4.69) is 49.2 Å². The Hall–Kier alpha value is -2.22. The number of rotatable bonds is 2. The van der Waals surface area contributed by atoms with Gasteiger partial charge in [-0.15, -0.1) is 0 Å². The van der Waals surface area contributed by atoms with Crippen molar-refractivity contribution in [3.8, 4) is 0 Å². The van der Waals surface area contributed by atoms with E-state index in [0.717, 1.165) is 24.2 Å². The molecule has 2 heteroatoms. The molecular weight excluding hydrogens is 244 g/mol. The van der Waals surface area contributed by atoms with Crippen LogP contribution < -0.4 is 11.1 Å². The molecule has 20 heavy (non-hydrogen) atoms. The molecule has 2 nitrogen and oxygen atoms in total. The van der Waals surface area contributed by atoms with Gasteiger partial charge in [-0.3, -0.25) is 0 Å². The van der Waals surface area contributed by atoms with E-state index in [1.807, 2.05) is 12.1 Å². The quantitative estimate of drug-likeness (QED) is 0.794. The third kappa shape index (κ3) is 2.42. The molecule has 2 aromatic carbocycles. The van der Waals surface area contributed by atoms with Gasteiger partial charge in [-0.05, 0) is 47.7 Å². The fourth-order valence-corrected chi connectivity index (χ4v) is 2.73. The second-order valence-electron chi connectivity index (χ2n) is 5.53. The Morgan fingerprint density at radius 1 is 1.05 bits per heavy atom. The van der Waals surface area contributed by atoms with Crippen LogP contribution in [0.25, 0.3) is 0 Å². The number of hydrogen-bond donors (Lipinski definition) is 2. The van der Waals surface area contributed by atoms with E-state index in [1.165, 1.54) is 22.4 Å². The lowest BCUT2D eigenvalue weighted by Crippen LogP contribution is -2.10. The van der Waals surface area contributed by atoms with Gasteiger partial charge in [-0.2, -0.15) is 0 Å². The zero-order valence-electron chi connectivity index (χ0n) is 11.8. The van der Waals surface area contributed by atoms with Crippen molar-refractivity contribution in [1.29, 1.82) is 0 Å². The molecule has 1 aliphatic rings. The zero-order chi connectivity index (χ0) is 14.1. The summed E-state index contributed by atoms with van der Waals surface area (Å²) in [6, 6.07) is 14.8. The van der Waals surface area contributed by atoms with E-state index < -0.39 is 0 Å². The summed E-state index contributed by atoms with van der Waals surface area (Å²) in [4.78, 5) is 0. The van der Waals surface area contributed by atoms with Gasteiger partial charge in [0.15, 0.2) is 0 Å². The predicted molar refractivity (Wildman–Crippen MR) is 85.9 cm³/mol. The summed E-state index contributed by atoms with van der Waals surface area (Å²) in [6.45, 7) is 6.24. The molecular formula is C18H20N2. The maximum absolute atomic E-state index is 5.75. The molecule has 102 valence electrons. The highest BCUT2D eigenvalue weighted by Crippen LogP contribution is 2.31. The van der Waals surface area contributed by atoms with Crippen LogP contribution in [0.4, 0.5) is 11.4 Å². The SMILES string of the molecule is C=C1CCc2cc(C(C)c3ccc(N)cc3)ccc2N1. The molecule has 1 unspecified atom stereocenters. The molecule has 0 amide bonds. The molecule has 0 aliphatic carbocycles. The molecule has 0 spiro atoms. The number of nitrogens with one attached hydrogen (secondary N) is 1. The zero-order valence-corrected chi connectivity index (χ0v) is 11.8. The van der Waals surface area contributed by atoms with Crippen LogP contribution >= 0.6 is 0 Å². The Labute approximate surface area is 120 Å². The molecule has 0 saturated heterocycles. The Bertz CT molecular complexity index is 641. The van der Waals surface area contributed by atoms with Crippen molar-refractivity contribution in [2.24, 2.45) is 0 Å². The summed E-state index contributed by atoms with van der Waals surface area (Å²) in [5, 5.41) is 3.36. The maximum atomic E-state index is 5.75. The topological polar surface area (TPSA) is 38.0 Å². The molecule has 1 atom stereocenters. The second kappa shape index (κ2) is 5.04. The molecule has 1 aliphatic heterocycles. The minimum Gasteiger partial charge on any atom is -0.399 e. The van der Waals surface area contributed by atoms with Gasteiger partial charge in [0.25, 0.3) is 0 Å². The van der Waals surface area contributed by atoms with Gasteiger partial charge in [0.2, 0.25) is 0 Å². The average molecular weight is 264 g/mol. The highest BCUT2D eigenvalue weighted by molar-refractivity contribution is 5.59. The highest BCUT2D eigenvalue weighted by Gasteiger charge is 2.14. The van der Waals surface area contributed by atoms with Gasteiger partial charge in [0.1, 0.15) is 0 Å². The lowest BCUT2D eigenvalue weighted by molar-refractivity contribution is 0.887. The predicted octanol–water partition coefficient (Wildman–Crippen LogP) is 4.29. The van der Waals surface area contributed by atoms with Crippen LogP contribution in [-0.2, 0) is 6.42 Å². The van der Waals surface area contributed by atoms with Gasteiger partial charge in [0.05, 0.1) is 0 Å². The van der Waals surface area contributed by atoms with Crippen molar-refractivity contribution >= 4 is 11.4 Å². The Kier molecular flexibility index (Phi) is 3.23. The minimum absolute atomic E-state index is 0.381. The Morgan fingerprint density at radius 3 is 2.50 bits per heavy atom. The van der Waals surface area contributed by atoms with Crippen LogP contribution in [0, 0.1) is 0 Å².